The zero-order valence-corrected chi connectivity index (χ0v) is 29.1. The van der Waals surface area contributed by atoms with Crippen LogP contribution in [0.5, 0.6) is 5.75 Å². The van der Waals surface area contributed by atoms with Crippen LogP contribution in [-0.2, 0) is 37.1 Å². The molecule has 1 aliphatic carbocycles. The van der Waals surface area contributed by atoms with Crippen molar-refractivity contribution >= 4 is 57.6 Å². The SMILES string of the molecule is Nc1nc(/C(=N/OC2CCCC2)C(=O)N[C@@H]2C(=O)N3C(C(=O)O)=C(/C=C4\CCN(Cc5cc[n+](Cc6cccc(O)c6)cc5)C4=O)CS[C@H]23)cs1. The summed E-state index contributed by atoms with van der Waals surface area (Å²) in [7, 11) is 0. The van der Waals surface area contributed by atoms with E-state index in [1.807, 2.05) is 35.2 Å². The fraction of sp³-hybridized carbons (Fsp3) is 0.343. The van der Waals surface area contributed by atoms with Gasteiger partial charge < -0.3 is 31.0 Å². The normalized spacial score (nSPS) is 21.6. The molecule has 5 heterocycles. The number of allylic oxidation sites excluding steroid dienone is 1. The molecule has 0 unspecified atom stereocenters. The Labute approximate surface area is 301 Å². The van der Waals surface area contributed by atoms with Crippen LogP contribution in [0.25, 0.3) is 0 Å². The molecule has 0 radical (unpaired) electrons. The molecule has 7 rings (SSSR count). The number of β-lactam (4-membered cyclic amide) rings is 1. The minimum absolute atomic E-state index is 0.103. The largest absolute Gasteiger partial charge is 0.508 e. The van der Waals surface area contributed by atoms with Gasteiger partial charge in [0.25, 0.3) is 11.8 Å². The molecule has 2 saturated heterocycles. The number of hydrogen-bond donors (Lipinski definition) is 4. The van der Waals surface area contributed by atoms with E-state index in [0.29, 0.717) is 37.2 Å². The number of pyridine rings is 1. The number of thiazole rings is 1. The van der Waals surface area contributed by atoms with Gasteiger partial charge in [0.2, 0.25) is 5.91 Å². The van der Waals surface area contributed by atoms with Crippen molar-refractivity contribution in [2.75, 3.05) is 18.0 Å². The van der Waals surface area contributed by atoms with Gasteiger partial charge in [-0.1, -0.05) is 17.3 Å². The van der Waals surface area contributed by atoms with Gasteiger partial charge in [0.05, 0.1) is 0 Å². The smallest absolute Gasteiger partial charge is 0.352 e. The van der Waals surface area contributed by atoms with Crippen molar-refractivity contribution in [2.24, 2.45) is 5.16 Å². The number of carboxylic acid groups (broad SMARTS) is 1. The summed E-state index contributed by atoms with van der Waals surface area (Å²) in [5.74, 6) is -2.29. The number of oxime groups is 1. The van der Waals surface area contributed by atoms with Crippen molar-refractivity contribution < 1.29 is 38.8 Å². The number of aromatic nitrogens is 2. The third kappa shape index (κ3) is 7.32. The second-order valence-corrected chi connectivity index (χ2v) is 14.8. The molecule has 4 aliphatic rings. The summed E-state index contributed by atoms with van der Waals surface area (Å²) in [6.07, 6.45) is 9.45. The molecule has 3 aliphatic heterocycles. The molecule has 5 N–H and O–H groups in total. The molecule has 0 spiro atoms. The van der Waals surface area contributed by atoms with E-state index in [9.17, 15) is 29.4 Å². The van der Waals surface area contributed by atoms with Crippen LogP contribution in [0.1, 0.15) is 48.9 Å². The van der Waals surface area contributed by atoms with Crippen molar-refractivity contribution in [1.29, 1.82) is 0 Å². The number of fused-ring (bicyclic) bond motifs is 1. The van der Waals surface area contributed by atoms with Gasteiger partial charge in [-0.05, 0) is 61.4 Å². The number of thioether (sulfide) groups is 1. The first kappa shape index (κ1) is 34.2. The Morgan fingerprint density at radius 3 is 2.65 bits per heavy atom. The Morgan fingerprint density at radius 1 is 1.16 bits per heavy atom. The summed E-state index contributed by atoms with van der Waals surface area (Å²) in [5.41, 5.74) is 8.46. The Bertz CT molecular complexity index is 1970. The van der Waals surface area contributed by atoms with Crippen LogP contribution in [0.4, 0.5) is 5.13 Å². The minimum Gasteiger partial charge on any atom is -0.508 e. The first-order valence-corrected chi connectivity index (χ1v) is 18.5. The summed E-state index contributed by atoms with van der Waals surface area (Å²) in [5, 5.41) is 27.9. The third-order valence-corrected chi connectivity index (χ3v) is 11.2. The molecular formula is C35H36N7O7S2+. The lowest BCUT2D eigenvalue weighted by Gasteiger charge is -2.49. The van der Waals surface area contributed by atoms with Gasteiger partial charge in [0.1, 0.15) is 34.7 Å². The van der Waals surface area contributed by atoms with Crippen LogP contribution < -0.4 is 15.6 Å². The second-order valence-electron chi connectivity index (χ2n) is 12.8. The molecule has 2 aromatic heterocycles. The maximum atomic E-state index is 13.4. The number of carbonyl (C=O) groups is 4. The first-order valence-electron chi connectivity index (χ1n) is 16.6. The molecule has 16 heteroatoms. The number of rotatable bonds is 11. The Kier molecular flexibility index (Phi) is 9.77. The summed E-state index contributed by atoms with van der Waals surface area (Å²) < 4.78 is 1.98. The molecule has 3 fully saturated rings. The number of amides is 3. The number of nitrogens with one attached hydrogen (secondary N) is 1. The number of phenolic OH excluding ortho intramolecular Hbond substituents is 1. The van der Waals surface area contributed by atoms with Gasteiger partial charge in [-0.2, -0.15) is 0 Å². The van der Waals surface area contributed by atoms with E-state index < -0.39 is 29.2 Å². The topological polar surface area (TPSA) is 192 Å². The lowest BCUT2D eigenvalue weighted by atomic mass is 10.0. The van der Waals surface area contributed by atoms with E-state index in [0.717, 1.165) is 48.1 Å². The van der Waals surface area contributed by atoms with Crippen LogP contribution in [0.2, 0.25) is 0 Å². The maximum Gasteiger partial charge on any atom is 0.352 e. The van der Waals surface area contributed by atoms with E-state index in [1.165, 1.54) is 16.7 Å². The van der Waals surface area contributed by atoms with Crippen LogP contribution in [0.15, 0.2) is 82.2 Å². The van der Waals surface area contributed by atoms with E-state index in [-0.39, 0.29) is 45.7 Å². The Hall–Kier alpha value is -5.22. The molecule has 3 aromatic rings. The highest BCUT2D eigenvalue weighted by molar-refractivity contribution is 8.00. The van der Waals surface area contributed by atoms with Crippen LogP contribution >= 0.6 is 23.1 Å². The number of likely N-dealkylation sites (tertiary alicyclic amines) is 1. The molecule has 1 aromatic carbocycles. The van der Waals surface area contributed by atoms with Crippen molar-refractivity contribution in [3.05, 3.63) is 93.9 Å². The van der Waals surface area contributed by atoms with E-state index >= 15 is 0 Å². The molecule has 264 valence electrons. The maximum absolute atomic E-state index is 13.4. The molecule has 51 heavy (non-hydrogen) atoms. The summed E-state index contributed by atoms with van der Waals surface area (Å²) in [4.78, 5) is 65.5. The highest BCUT2D eigenvalue weighted by atomic mass is 32.2. The van der Waals surface area contributed by atoms with Crippen LogP contribution in [0.3, 0.4) is 0 Å². The standard InChI is InChI=1S/C35H35N7O7S2/c36-35-37-26(19-51-35)27(39-49-25-6-1-2-7-25)30(44)38-28-32(46)42-29(34(47)48)23(18-50-33(28)42)15-22-10-13-41(31(22)45)17-20-8-11-40(12-9-20)16-21-4-3-5-24(43)14-21/h3-5,8-9,11-12,14-15,19,25,28,33H,1-2,6-7,10,13,16-18H2,(H4-,36,37,38,43,44,47,48)/p+1/b22-15+,39-27-/t28-,33-/m1/s1. The summed E-state index contributed by atoms with van der Waals surface area (Å²) in [6.45, 7) is 1.45. The summed E-state index contributed by atoms with van der Waals surface area (Å²) >= 11 is 2.45. The number of carbonyl (C=O) groups excluding carboxylic acids is 3. The van der Waals surface area contributed by atoms with E-state index in [1.54, 1.807) is 34.6 Å². The predicted octanol–water partition coefficient (Wildman–Crippen LogP) is 2.53. The predicted molar refractivity (Wildman–Crippen MR) is 188 cm³/mol. The van der Waals surface area contributed by atoms with Crippen molar-refractivity contribution in [1.82, 2.24) is 20.1 Å². The average molecular weight is 731 g/mol. The van der Waals surface area contributed by atoms with Gasteiger partial charge in [0, 0.05) is 47.5 Å². The Balaban J connectivity index is 1.01. The van der Waals surface area contributed by atoms with Crippen molar-refractivity contribution in [3.63, 3.8) is 0 Å². The Morgan fingerprint density at radius 2 is 1.94 bits per heavy atom. The molecule has 14 nitrogen and oxygen atoms in total. The fourth-order valence-corrected chi connectivity index (χ4v) is 8.49. The van der Waals surface area contributed by atoms with Gasteiger partial charge in [-0.25, -0.2) is 14.3 Å². The first-order chi connectivity index (χ1) is 24.6. The number of aromatic hydroxyl groups is 1. The highest BCUT2D eigenvalue weighted by Crippen LogP contribution is 2.41. The number of anilines is 1. The lowest BCUT2D eigenvalue weighted by Crippen LogP contribution is -2.71. The molecule has 2 atom stereocenters. The van der Waals surface area contributed by atoms with Crippen molar-refractivity contribution in [2.45, 2.75) is 62.7 Å². The second kappa shape index (κ2) is 14.6. The fourth-order valence-electron chi connectivity index (χ4n) is 6.63. The van der Waals surface area contributed by atoms with Crippen LogP contribution in [-0.4, -0.2) is 84.2 Å². The van der Waals surface area contributed by atoms with Gasteiger partial charge in [-0.3, -0.25) is 19.3 Å². The molecule has 1 saturated carbocycles. The molecule has 3 amide bonds. The number of carboxylic acids is 1. The van der Waals surface area contributed by atoms with Gasteiger partial charge in [0.15, 0.2) is 29.8 Å². The number of nitrogens with two attached hydrogens (primary N) is 1. The quantitative estimate of drug-likeness (QED) is 0.0750. The van der Waals surface area contributed by atoms with E-state index in [2.05, 4.69) is 15.5 Å². The monoisotopic (exact) mass is 730 g/mol. The third-order valence-electron chi connectivity index (χ3n) is 9.23. The van der Waals surface area contributed by atoms with E-state index in [4.69, 9.17) is 10.6 Å². The zero-order chi connectivity index (χ0) is 35.6. The number of phenols is 1. The highest BCUT2D eigenvalue weighted by Gasteiger charge is 2.54. The molecule has 0 bridgehead atoms. The minimum atomic E-state index is -1.29. The molecular weight excluding hydrogens is 695 g/mol. The number of aliphatic carboxylic acids is 1. The van der Waals surface area contributed by atoms with Gasteiger partial charge >= 0.3 is 5.97 Å². The number of nitrogens with zero attached hydrogens (tertiary/aromatic N) is 5. The van der Waals surface area contributed by atoms with Gasteiger partial charge in [-0.15, -0.1) is 23.1 Å². The van der Waals surface area contributed by atoms with Crippen LogP contribution in [0, 0.1) is 0 Å². The number of nitrogen functional groups attached to an aromatic ring is 1. The summed E-state index contributed by atoms with van der Waals surface area (Å²) in [6, 6.07) is 9.95. The number of benzene rings is 1. The number of hydrogen-bond acceptors (Lipinski definition) is 11. The zero-order valence-electron chi connectivity index (χ0n) is 27.4. The van der Waals surface area contributed by atoms with Crippen molar-refractivity contribution in [3.8, 4) is 5.75 Å². The lowest BCUT2D eigenvalue weighted by molar-refractivity contribution is -0.688. The average Bonchev–Trinajstić information content (AvgIpc) is 3.87.